The summed E-state index contributed by atoms with van der Waals surface area (Å²) in [6.45, 7) is 15.3. The van der Waals surface area contributed by atoms with Gasteiger partial charge in [0.1, 0.15) is 53.1 Å². The number of alkyl carbamates (subject to hydrolysis) is 2. The number of aliphatic hydroxyl groups excluding tert-OH is 4. The third kappa shape index (κ3) is 18.2. The summed E-state index contributed by atoms with van der Waals surface area (Å²) in [7, 11) is 1.37. The van der Waals surface area contributed by atoms with Gasteiger partial charge in [-0.1, -0.05) is 0 Å². The summed E-state index contributed by atoms with van der Waals surface area (Å²) in [6, 6.07) is -4.39. The van der Waals surface area contributed by atoms with Crippen molar-refractivity contribution in [2.45, 2.75) is 173 Å². The van der Waals surface area contributed by atoms with Crippen LogP contribution in [0.1, 0.15) is 88.5 Å². The molecule has 23 heteroatoms. The van der Waals surface area contributed by atoms with Crippen LogP contribution in [0, 0.1) is 5.41 Å². The molecule has 1 aliphatic carbocycles. The fourth-order valence-corrected chi connectivity index (χ4v) is 6.22. The van der Waals surface area contributed by atoms with Gasteiger partial charge in [0.05, 0.1) is 43.9 Å². The van der Waals surface area contributed by atoms with Crippen molar-refractivity contribution in [1.29, 1.82) is 5.41 Å². The molecule has 0 aromatic carbocycles. The zero-order valence-corrected chi connectivity index (χ0v) is 37.8. The van der Waals surface area contributed by atoms with Crippen molar-refractivity contribution in [3.05, 3.63) is 11.8 Å². The molecule has 13 N–H and O–H groups in total. The van der Waals surface area contributed by atoms with E-state index in [0.29, 0.717) is 5.76 Å². The highest BCUT2D eigenvalue weighted by atomic mass is 16.7. The van der Waals surface area contributed by atoms with Gasteiger partial charge in [-0.2, -0.15) is 0 Å². The molecule has 0 unspecified atom stereocenters. The van der Waals surface area contributed by atoms with Gasteiger partial charge in [-0.15, -0.1) is 0 Å². The molecule has 1 aliphatic heterocycles. The van der Waals surface area contributed by atoms with Gasteiger partial charge in [0, 0.05) is 13.6 Å². The summed E-state index contributed by atoms with van der Waals surface area (Å²) in [5, 5.41) is 63.0. The van der Waals surface area contributed by atoms with E-state index in [1.807, 2.05) is 0 Å². The lowest BCUT2D eigenvalue weighted by Gasteiger charge is -2.47. The average molecular weight is 893 g/mol. The van der Waals surface area contributed by atoms with Crippen LogP contribution in [-0.4, -0.2) is 173 Å². The van der Waals surface area contributed by atoms with E-state index in [0.717, 1.165) is 4.90 Å². The molecule has 0 radical (unpaired) electrons. The first kappa shape index (κ1) is 53.9. The fourth-order valence-electron chi connectivity index (χ4n) is 6.22. The highest BCUT2D eigenvalue weighted by molar-refractivity contribution is 5.81. The number of nitrogens with two attached hydrogens (primary N) is 2. The van der Waals surface area contributed by atoms with Crippen LogP contribution in [0.2, 0.25) is 0 Å². The largest absolute Gasteiger partial charge is 0.466 e. The van der Waals surface area contributed by atoms with Gasteiger partial charge < -0.3 is 91.2 Å². The number of nitrogens with zero attached hydrogens (tertiary/aromatic N) is 1. The Bertz CT molecular complexity index is 1520. The van der Waals surface area contributed by atoms with Crippen LogP contribution < -0.4 is 32.7 Å². The molecule has 23 nitrogen and oxygen atoms in total. The molecular formula is C39H72N8O15. The van der Waals surface area contributed by atoms with Gasteiger partial charge in [0.15, 0.2) is 12.2 Å². The number of carbonyl (C=O) groups excluding carboxylic acids is 4. The Morgan fingerprint density at radius 2 is 1.50 bits per heavy atom. The number of rotatable bonds is 18. The van der Waals surface area contributed by atoms with Crippen molar-refractivity contribution >= 4 is 30.1 Å². The summed E-state index contributed by atoms with van der Waals surface area (Å²) in [5.41, 5.74) is 8.88. The van der Waals surface area contributed by atoms with Crippen molar-refractivity contribution < 1.29 is 72.8 Å². The maximum absolute atomic E-state index is 13.6. The summed E-state index contributed by atoms with van der Waals surface area (Å²) < 4.78 is 40.6. The highest BCUT2D eigenvalue weighted by Crippen LogP contribution is 2.32. The second-order valence-corrected chi connectivity index (χ2v) is 18.1. The summed E-state index contributed by atoms with van der Waals surface area (Å²) in [6.07, 6.45) is -12.5. The zero-order chi connectivity index (χ0) is 47.3. The molecule has 0 saturated heterocycles. The fraction of sp³-hybridized carbons (Fsp3) is 0.821. The van der Waals surface area contributed by atoms with E-state index in [1.54, 1.807) is 68.4 Å². The topological polar surface area (TPSA) is 341 Å². The molecule has 1 saturated carbocycles. The van der Waals surface area contributed by atoms with Crippen molar-refractivity contribution in [2.24, 2.45) is 11.5 Å². The molecule has 2 rings (SSSR count). The predicted octanol–water partition coefficient (Wildman–Crippen LogP) is -0.433. The number of aliphatic hydroxyl groups is 4. The Morgan fingerprint density at radius 1 is 0.919 bits per heavy atom. The van der Waals surface area contributed by atoms with Gasteiger partial charge in [-0.05, 0) is 94.6 Å². The normalized spacial score (nSPS) is 25.0. The smallest absolute Gasteiger partial charge is 0.410 e. The second kappa shape index (κ2) is 23.5. The highest BCUT2D eigenvalue weighted by Gasteiger charge is 2.51. The third-order valence-electron chi connectivity index (χ3n) is 9.15. The monoisotopic (exact) mass is 893 g/mol. The van der Waals surface area contributed by atoms with Crippen LogP contribution in [0.3, 0.4) is 0 Å². The van der Waals surface area contributed by atoms with Crippen LogP contribution in [0.25, 0.3) is 0 Å². The van der Waals surface area contributed by atoms with Crippen molar-refractivity contribution in [1.82, 2.24) is 26.2 Å². The molecule has 11 atom stereocenters. The molecule has 4 amide bonds. The number of carbonyl (C=O) groups is 4. The van der Waals surface area contributed by atoms with E-state index in [1.165, 1.54) is 14.0 Å². The summed E-state index contributed by atoms with van der Waals surface area (Å²) in [5.74, 6) is -1.07. The number of ether oxygens (including phenoxy) is 7. The minimum atomic E-state index is -1.85. The lowest BCUT2D eigenvalue weighted by atomic mass is 9.83. The number of guanidine groups is 1. The van der Waals surface area contributed by atoms with E-state index in [4.69, 9.17) is 50.0 Å². The van der Waals surface area contributed by atoms with Crippen LogP contribution in [0.5, 0.6) is 0 Å². The number of hydrogen-bond donors (Lipinski definition) is 11. The number of hydrogen-bond acceptors (Lipinski definition) is 17. The Labute approximate surface area is 363 Å². The second-order valence-electron chi connectivity index (χ2n) is 18.1. The van der Waals surface area contributed by atoms with E-state index in [-0.39, 0.29) is 39.0 Å². The van der Waals surface area contributed by atoms with E-state index >= 15 is 0 Å². The molecule has 2 aliphatic rings. The molecule has 0 aromatic heterocycles. The van der Waals surface area contributed by atoms with E-state index in [2.05, 4.69) is 21.3 Å². The lowest BCUT2D eigenvalue weighted by molar-refractivity contribution is -0.276. The Morgan fingerprint density at radius 3 is 2.05 bits per heavy atom. The molecule has 358 valence electrons. The zero-order valence-electron chi connectivity index (χ0n) is 37.8. The van der Waals surface area contributed by atoms with Crippen molar-refractivity contribution in [3.63, 3.8) is 0 Å². The quantitative estimate of drug-likeness (QED) is 0.0360. The molecule has 0 bridgehead atoms. The SMILES string of the molecule is C[C@@H]([C@@H](O)[C@H](OCCO)O[C@@H]1[C@@H](O)[C@H](O[C@H]2OC(CN)=CC[C@H]2NC(=N)N)[C@@H](NC(=O)OC(C)(C)C)C[C@H]1NC(=O)[C@@H](O)CCNC(=O)OC(C)(C)C)N(C)C(=O)OC(C)(C)C. The minimum absolute atomic E-state index is 0.0351. The van der Waals surface area contributed by atoms with Gasteiger partial charge in [-0.25, -0.2) is 14.4 Å². The minimum Gasteiger partial charge on any atom is -0.466 e. The predicted molar refractivity (Wildman–Crippen MR) is 222 cm³/mol. The van der Waals surface area contributed by atoms with E-state index in [9.17, 15) is 39.6 Å². The molecule has 62 heavy (non-hydrogen) atoms. The molecule has 0 spiro atoms. The Hall–Kier alpha value is -4.23. The number of likely N-dealkylation sites (N-methyl/N-ethyl adjacent to an activating group) is 1. The first-order valence-corrected chi connectivity index (χ1v) is 20.5. The first-order chi connectivity index (χ1) is 28.5. The van der Waals surface area contributed by atoms with Crippen LogP contribution in [0.4, 0.5) is 14.4 Å². The summed E-state index contributed by atoms with van der Waals surface area (Å²) >= 11 is 0. The molecule has 1 heterocycles. The van der Waals surface area contributed by atoms with Gasteiger partial charge in [0.25, 0.3) is 0 Å². The number of amides is 4. The maximum Gasteiger partial charge on any atom is 0.410 e. The molecular weight excluding hydrogens is 820 g/mol. The van der Waals surface area contributed by atoms with Crippen molar-refractivity contribution in [3.8, 4) is 0 Å². The molecule has 1 fully saturated rings. The van der Waals surface area contributed by atoms with Crippen LogP contribution >= 0.6 is 0 Å². The van der Waals surface area contributed by atoms with E-state index < -0.39 is 121 Å². The maximum atomic E-state index is 13.6. The van der Waals surface area contributed by atoms with Crippen LogP contribution in [-0.2, 0) is 38.0 Å². The van der Waals surface area contributed by atoms with Gasteiger partial charge in [-0.3, -0.25) is 10.2 Å². The van der Waals surface area contributed by atoms with Crippen LogP contribution in [0.15, 0.2) is 11.8 Å². The Balaban J connectivity index is 2.63. The third-order valence-corrected chi connectivity index (χ3v) is 9.15. The Kier molecular flexibility index (Phi) is 20.4. The number of nitrogens with one attached hydrogen (secondary N) is 5. The van der Waals surface area contributed by atoms with Crippen molar-refractivity contribution in [2.75, 3.05) is 33.4 Å². The first-order valence-electron chi connectivity index (χ1n) is 20.5. The van der Waals surface area contributed by atoms with Gasteiger partial charge in [0.2, 0.25) is 12.2 Å². The molecule has 0 aromatic rings. The lowest BCUT2D eigenvalue weighted by Crippen LogP contribution is -2.68. The van der Waals surface area contributed by atoms with Gasteiger partial charge >= 0.3 is 18.3 Å². The summed E-state index contributed by atoms with van der Waals surface area (Å²) in [4.78, 5) is 53.2. The standard InChI is InChI=1S/C39H72N8O15/c1-20(47(11)36(55)62-39(8,9)10)26(50)32(56-17-16-48)59-28-23(44-30(52)25(49)14-15-43-34(53)60-37(2,3)4)18-24(46-35(54)61-38(5,6)7)29(27(28)51)58-31-22(45-33(41)42)13-12-21(19-40)57-31/h12,20,22-29,31-32,48-51H,13-19,40H2,1-11H3,(H,43,53)(H,44,52)(H,46,54)(H4,41,42,45)/t20-,22+,23+,24-,25-,26+,27+,28-,29+,31+,32+/m0/s1. The average Bonchev–Trinajstić information content (AvgIpc) is 3.13.